The Morgan fingerprint density at radius 2 is 2.21 bits per heavy atom. The summed E-state index contributed by atoms with van der Waals surface area (Å²) in [5, 5.41) is 12.3. The van der Waals surface area contributed by atoms with Gasteiger partial charge < -0.3 is 15.7 Å². The van der Waals surface area contributed by atoms with Crippen molar-refractivity contribution in [2.45, 2.75) is 26.4 Å². The Morgan fingerprint density at radius 3 is 2.74 bits per heavy atom. The van der Waals surface area contributed by atoms with Gasteiger partial charge in [-0.3, -0.25) is 4.90 Å². The Balaban J connectivity index is 2.93. The third kappa shape index (κ3) is 4.61. The second kappa shape index (κ2) is 7.21. The molecule has 0 aliphatic heterocycles. The van der Waals surface area contributed by atoms with Crippen molar-refractivity contribution in [2.75, 3.05) is 13.7 Å². The second-order valence-electron chi connectivity index (χ2n) is 4.55. The van der Waals surface area contributed by atoms with Gasteiger partial charge in [0.2, 0.25) is 0 Å². The highest BCUT2D eigenvalue weighted by molar-refractivity contribution is 6.30. The van der Waals surface area contributed by atoms with E-state index in [-0.39, 0.29) is 11.9 Å². The first kappa shape index (κ1) is 15.6. The van der Waals surface area contributed by atoms with E-state index in [2.05, 4.69) is 10.1 Å². The molecule has 106 valence electrons. The lowest BCUT2D eigenvalue weighted by Gasteiger charge is -2.26. The predicted octanol–water partition coefficient (Wildman–Crippen LogP) is 2.31. The molecule has 0 aliphatic rings. The van der Waals surface area contributed by atoms with E-state index < -0.39 is 0 Å². The van der Waals surface area contributed by atoms with Crippen LogP contribution in [-0.4, -0.2) is 35.6 Å². The average Bonchev–Trinajstić information content (AvgIpc) is 2.37. The van der Waals surface area contributed by atoms with E-state index >= 15 is 0 Å². The van der Waals surface area contributed by atoms with Crippen LogP contribution in [0.3, 0.4) is 0 Å². The molecule has 0 unspecified atom stereocenters. The topological polar surface area (TPSA) is 71.1 Å². The Labute approximate surface area is 118 Å². The van der Waals surface area contributed by atoms with Crippen molar-refractivity contribution in [1.29, 1.82) is 0 Å². The molecule has 0 bridgehead atoms. The third-order valence-corrected chi connectivity index (χ3v) is 3.07. The fourth-order valence-electron chi connectivity index (χ4n) is 1.75. The van der Waals surface area contributed by atoms with Crippen LogP contribution in [0.4, 0.5) is 0 Å². The van der Waals surface area contributed by atoms with Crippen LogP contribution in [0.5, 0.6) is 5.75 Å². The van der Waals surface area contributed by atoms with E-state index in [1.807, 2.05) is 26.0 Å². The zero-order valence-electron chi connectivity index (χ0n) is 11.4. The number of nitrogens with zero attached hydrogens (tertiary/aromatic N) is 2. The zero-order chi connectivity index (χ0) is 14.4. The number of hydrogen-bond donors (Lipinski definition) is 2. The Morgan fingerprint density at radius 1 is 1.53 bits per heavy atom. The van der Waals surface area contributed by atoms with Crippen molar-refractivity contribution < 1.29 is 9.94 Å². The highest BCUT2D eigenvalue weighted by Crippen LogP contribution is 2.24. The highest BCUT2D eigenvalue weighted by Gasteiger charge is 2.15. The maximum Gasteiger partial charge on any atom is 0.153 e. The van der Waals surface area contributed by atoms with Crippen LogP contribution < -0.4 is 10.5 Å². The van der Waals surface area contributed by atoms with Gasteiger partial charge in [0.15, 0.2) is 5.84 Å². The Kier molecular flexibility index (Phi) is 5.92. The van der Waals surface area contributed by atoms with Crippen LogP contribution in [0.1, 0.15) is 19.4 Å². The van der Waals surface area contributed by atoms with Crippen molar-refractivity contribution in [2.24, 2.45) is 10.9 Å². The van der Waals surface area contributed by atoms with E-state index in [0.29, 0.717) is 18.1 Å². The summed E-state index contributed by atoms with van der Waals surface area (Å²) in [7, 11) is 1.62. The number of amidine groups is 1. The van der Waals surface area contributed by atoms with E-state index in [0.717, 1.165) is 11.3 Å². The lowest BCUT2D eigenvalue weighted by atomic mass is 10.1. The summed E-state index contributed by atoms with van der Waals surface area (Å²) in [5.74, 6) is 0.948. The molecular weight excluding hydrogens is 266 g/mol. The van der Waals surface area contributed by atoms with Crippen molar-refractivity contribution in [1.82, 2.24) is 4.90 Å². The van der Waals surface area contributed by atoms with Crippen LogP contribution in [0.15, 0.2) is 23.4 Å². The van der Waals surface area contributed by atoms with Gasteiger partial charge in [0, 0.05) is 23.2 Å². The van der Waals surface area contributed by atoms with Crippen LogP contribution in [0.25, 0.3) is 0 Å². The first-order chi connectivity index (χ1) is 8.97. The van der Waals surface area contributed by atoms with Gasteiger partial charge in [-0.15, -0.1) is 0 Å². The fourth-order valence-corrected chi connectivity index (χ4v) is 1.94. The Bertz CT molecular complexity index is 450. The predicted molar refractivity (Wildman–Crippen MR) is 77.0 cm³/mol. The van der Waals surface area contributed by atoms with Crippen molar-refractivity contribution in [3.8, 4) is 5.75 Å². The average molecular weight is 286 g/mol. The SMILES string of the molecule is COc1ccc(Cl)cc1CN(CC(N)=NO)C(C)C. The molecule has 0 saturated heterocycles. The molecule has 1 aromatic rings. The lowest BCUT2D eigenvalue weighted by Crippen LogP contribution is -2.38. The van der Waals surface area contributed by atoms with Gasteiger partial charge in [0.1, 0.15) is 5.75 Å². The van der Waals surface area contributed by atoms with E-state index in [4.69, 9.17) is 27.3 Å². The fraction of sp³-hybridized carbons (Fsp3) is 0.462. The molecule has 6 heteroatoms. The minimum Gasteiger partial charge on any atom is -0.496 e. The molecular formula is C13H20ClN3O2. The second-order valence-corrected chi connectivity index (χ2v) is 4.98. The number of benzene rings is 1. The molecule has 5 nitrogen and oxygen atoms in total. The number of ether oxygens (including phenoxy) is 1. The molecule has 0 saturated carbocycles. The van der Waals surface area contributed by atoms with Gasteiger partial charge in [-0.2, -0.15) is 0 Å². The van der Waals surface area contributed by atoms with Gasteiger partial charge in [-0.1, -0.05) is 16.8 Å². The van der Waals surface area contributed by atoms with Gasteiger partial charge >= 0.3 is 0 Å². The zero-order valence-corrected chi connectivity index (χ0v) is 12.2. The highest BCUT2D eigenvalue weighted by atomic mass is 35.5. The third-order valence-electron chi connectivity index (χ3n) is 2.84. The summed E-state index contributed by atoms with van der Waals surface area (Å²) in [4.78, 5) is 2.06. The summed E-state index contributed by atoms with van der Waals surface area (Å²) in [6.07, 6.45) is 0. The molecule has 0 amide bonds. The van der Waals surface area contributed by atoms with E-state index in [1.54, 1.807) is 13.2 Å². The molecule has 0 fully saturated rings. The van der Waals surface area contributed by atoms with Gasteiger partial charge in [-0.25, -0.2) is 0 Å². The van der Waals surface area contributed by atoms with Crippen molar-refractivity contribution in [3.63, 3.8) is 0 Å². The quantitative estimate of drug-likeness (QED) is 0.364. The summed E-state index contributed by atoms with van der Waals surface area (Å²) < 4.78 is 5.32. The summed E-state index contributed by atoms with van der Waals surface area (Å²) in [6, 6.07) is 5.72. The number of oxime groups is 1. The van der Waals surface area contributed by atoms with Gasteiger partial charge in [-0.05, 0) is 32.0 Å². The molecule has 0 radical (unpaired) electrons. The molecule has 3 N–H and O–H groups in total. The van der Waals surface area contributed by atoms with Crippen LogP contribution in [0.2, 0.25) is 5.02 Å². The minimum absolute atomic E-state index is 0.176. The number of hydrogen-bond acceptors (Lipinski definition) is 4. The molecule has 1 rings (SSSR count). The normalized spacial score (nSPS) is 12.2. The first-order valence-electron chi connectivity index (χ1n) is 6.00. The summed E-state index contributed by atoms with van der Waals surface area (Å²) >= 11 is 6.01. The molecule has 19 heavy (non-hydrogen) atoms. The minimum atomic E-state index is 0.176. The first-order valence-corrected chi connectivity index (χ1v) is 6.38. The number of methoxy groups -OCH3 is 1. The molecule has 0 aliphatic carbocycles. The molecule has 0 heterocycles. The molecule has 1 aromatic carbocycles. The van der Waals surface area contributed by atoms with Crippen LogP contribution >= 0.6 is 11.6 Å². The monoisotopic (exact) mass is 285 g/mol. The van der Waals surface area contributed by atoms with E-state index in [9.17, 15) is 0 Å². The van der Waals surface area contributed by atoms with Crippen molar-refractivity contribution >= 4 is 17.4 Å². The number of rotatable bonds is 6. The van der Waals surface area contributed by atoms with E-state index in [1.165, 1.54) is 0 Å². The van der Waals surface area contributed by atoms with Crippen LogP contribution in [-0.2, 0) is 6.54 Å². The Hall–Kier alpha value is -1.46. The lowest BCUT2D eigenvalue weighted by molar-refractivity contribution is 0.235. The molecule has 0 aromatic heterocycles. The summed E-state index contributed by atoms with van der Waals surface area (Å²) in [5.41, 5.74) is 6.53. The maximum atomic E-state index is 8.67. The number of halogens is 1. The van der Waals surface area contributed by atoms with Gasteiger partial charge in [0.25, 0.3) is 0 Å². The van der Waals surface area contributed by atoms with Gasteiger partial charge in [0.05, 0.1) is 13.7 Å². The smallest absolute Gasteiger partial charge is 0.153 e. The molecule has 0 atom stereocenters. The molecule has 0 spiro atoms. The number of nitrogens with two attached hydrogens (primary N) is 1. The van der Waals surface area contributed by atoms with Crippen LogP contribution in [0, 0.1) is 0 Å². The summed E-state index contributed by atoms with van der Waals surface area (Å²) in [6.45, 7) is 5.07. The maximum absolute atomic E-state index is 8.67. The largest absolute Gasteiger partial charge is 0.496 e. The van der Waals surface area contributed by atoms with Crippen molar-refractivity contribution in [3.05, 3.63) is 28.8 Å². The standard InChI is InChI=1S/C13H20ClN3O2/c1-9(2)17(8-13(15)16-18)7-10-6-11(14)4-5-12(10)19-3/h4-6,9,18H,7-8H2,1-3H3,(H2,15,16).